The van der Waals surface area contributed by atoms with E-state index in [2.05, 4.69) is 21.6 Å². The van der Waals surface area contributed by atoms with Crippen LogP contribution < -0.4 is 10.6 Å². The molecule has 4 aliphatic rings. The quantitative estimate of drug-likeness (QED) is 0.346. The zero-order valence-electron chi connectivity index (χ0n) is 25.7. The molecular weight excluding hydrogens is 613 g/mol. The topological polar surface area (TPSA) is 94.2 Å². The number of piperidine rings is 3. The van der Waals surface area contributed by atoms with E-state index in [0.717, 1.165) is 68.5 Å². The van der Waals surface area contributed by atoms with Gasteiger partial charge >= 0.3 is 12.1 Å². The highest BCUT2D eigenvalue weighted by Gasteiger charge is 2.52. The summed E-state index contributed by atoms with van der Waals surface area (Å²) in [4.78, 5) is 46.0. The fraction of sp³-hybridized carbons (Fsp3) is 0.559. The van der Waals surface area contributed by atoms with E-state index in [1.807, 2.05) is 23.1 Å². The van der Waals surface area contributed by atoms with Crippen molar-refractivity contribution in [3.05, 3.63) is 63.6 Å². The largest absolute Gasteiger partial charge is 0.444 e. The van der Waals surface area contributed by atoms with Gasteiger partial charge in [-0.25, -0.2) is 9.59 Å². The molecule has 3 fully saturated rings. The van der Waals surface area contributed by atoms with Crippen LogP contribution >= 0.6 is 23.2 Å². The molecular formula is C34H43Cl2N5O4. The highest BCUT2D eigenvalue weighted by molar-refractivity contribution is 6.42. The van der Waals surface area contributed by atoms with Gasteiger partial charge in [-0.15, -0.1) is 0 Å². The number of nitrogens with zero attached hydrogens (tertiary/aromatic N) is 3. The lowest BCUT2D eigenvalue weighted by Crippen LogP contribution is -2.69. The van der Waals surface area contributed by atoms with Crippen LogP contribution in [0.15, 0.2) is 42.5 Å². The van der Waals surface area contributed by atoms with E-state index in [-0.39, 0.29) is 25.1 Å². The Labute approximate surface area is 275 Å². The van der Waals surface area contributed by atoms with Gasteiger partial charge in [-0.1, -0.05) is 47.5 Å². The molecule has 2 N–H and O–H groups in total. The Morgan fingerprint density at radius 3 is 2.47 bits per heavy atom. The predicted octanol–water partition coefficient (Wildman–Crippen LogP) is 6.18. The maximum Gasteiger partial charge on any atom is 0.411 e. The molecule has 0 bridgehead atoms. The Hall–Kier alpha value is -2.85. The number of ether oxygens (including phenoxy) is 1. The van der Waals surface area contributed by atoms with E-state index in [0.29, 0.717) is 47.8 Å². The van der Waals surface area contributed by atoms with Gasteiger partial charge in [0, 0.05) is 50.7 Å². The van der Waals surface area contributed by atoms with Crippen LogP contribution in [-0.4, -0.2) is 84.1 Å². The van der Waals surface area contributed by atoms with Gasteiger partial charge in [0.15, 0.2) is 0 Å². The first-order chi connectivity index (χ1) is 21.9. The Kier molecular flexibility index (Phi) is 10.2. The average molecular weight is 657 g/mol. The predicted molar refractivity (Wildman–Crippen MR) is 176 cm³/mol. The van der Waals surface area contributed by atoms with Crippen LogP contribution in [0.5, 0.6) is 0 Å². The standard InChI is InChI=1S/C34H43Cl2N5O4/c35-29-6-5-24(21-30(29)36)23-45-33(44)41-19-12-28(40-18-11-27-3-1-2-4-31(27)38-32(40)43)22-34(41,13-20-42)39-16-9-26(10-17-39)25-7-14-37-15-8-25/h1-6,20-21,25-26,28,37H,7-19,22-23H2,(H,38,43)/t28-,34+/m1/s1. The molecule has 0 spiro atoms. The minimum absolute atomic E-state index is 0.0391. The molecule has 45 heavy (non-hydrogen) atoms. The molecule has 0 aromatic heterocycles. The van der Waals surface area contributed by atoms with E-state index in [1.54, 1.807) is 23.1 Å². The maximum atomic E-state index is 13.9. The van der Waals surface area contributed by atoms with E-state index in [9.17, 15) is 14.4 Å². The number of hydrogen-bond donors (Lipinski definition) is 2. The summed E-state index contributed by atoms with van der Waals surface area (Å²) in [6, 6.07) is 12.8. The number of halogens is 2. The Bertz CT molecular complexity index is 1380. The molecule has 3 saturated heterocycles. The highest BCUT2D eigenvalue weighted by atomic mass is 35.5. The second-order valence-electron chi connectivity index (χ2n) is 12.9. The molecule has 4 heterocycles. The Morgan fingerprint density at radius 1 is 0.956 bits per heavy atom. The summed E-state index contributed by atoms with van der Waals surface area (Å²) in [7, 11) is 0. The van der Waals surface area contributed by atoms with E-state index >= 15 is 0 Å². The van der Waals surface area contributed by atoms with Crippen molar-refractivity contribution in [2.45, 2.75) is 69.7 Å². The van der Waals surface area contributed by atoms with Crippen LogP contribution in [0.1, 0.15) is 56.1 Å². The van der Waals surface area contributed by atoms with Gasteiger partial charge < -0.3 is 25.1 Å². The molecule has 0 radical (unpaired) electrons. The van der Waals surface area contributed by atoms with Crippen molar-refractivity contribution < 1.29 is 19.1 Å². The minimum atomic E-state index is -0.891. The number of hydrogen-bond acceptors (Lipinski definition) is 6. The number of benzene rings is 2. The summed E-state index contributed by atoms with van der Waals surface area (Å²) >= 11 is 12.3. The SMILES string of the molecule is O=CC[C@@]1(N2CCC(C3CCNCC3)CC2)C[C@H](N2CCc3ccccc3NC2=O)CCN1C(=O)OCc1ccc(Cl)c(Cl)c1. The zero-order chi connectivity index (χ0) is 31.4. The van der Waals surface area contributed by atoms with Crippen molar-refractivity contribution in [2.75, 3.05) is 44.6 Å². The van der Waals surface area contributed by atoms with Gasteiger partial charge in [0.2, 0.25) is 0 Å². The maximum absolute atomic E-state index is 13.9. The monoisotopic (exact) mass is 655 g/mol. The van der Waals surface area contributed by atoms with Gasteiger partial charge in [-0.3, -0.25) is 9.80 Å². The van der Waals surface area contributed by atoms with Crippen molar-refractivity contribution in [1.29, 1.82) is 0 Å². The number of anilines is 1. The first-order valence-electron chi connectivity index (χ1n) is 16.3. The molecule has 4 aliphatic heterocycles. The fourth-order valence-electron chi connectivity index (χ4n) is 8.05. The highest BCUT2D eigenvalue weighted by Crippen LogP contribution is 2.41. The molecule has 11 heteroatoms. The van der Waals surface area contributed by atoms with E-state index in [1.165, 1.54) is 12.8 Å². The number of aldehydes is 1. The Morgan fingerprint density at radius 2 is 1.71 bits per heavy atom. The molecule has 3 amide bonds. The molecule has 0 saturated carbocycles. The molecule has 0 unspecified atom stereocenters. The van der Waals surface area contributed by atoms with Crippen molar-refractivity contribution in [3.63, 3.8) is 0 Å². The van der Waals surface area contributed by atoms with Crippen molar-refractivity contribution in [1.82, 2.24) is 20.0 Å². The van der Waals surface area contributed by atoms with Gasteiger partial charge in [-0.05, 0) is 92.8 Å². The van der Waals surface area contributed by atoms with Crippen molar-refractivity contribution in [3.8, 4) is 0 Å². The molecule has 2 atom stereocenters. The Balaban J connectivity index is 1.24. The molecule has 2 aromatic rings. The van der Waals surface area contributed by atoms with Crippen molar-refractivity contribution >= 4 is 47.3 Å². The fourth-order valence-corrected chi connectivity index (χ4v) is 8.37. The molecule has 6 rings (SSSR count). The third-order valence-electron chi connectivity index (χ3n) is 10.5. The third kappa shape index (κ3) is 6.97. The summed E-state index contributed by atoms with van der Waals surface area (Å²) in [5, 5.41) is 7.42. The number of rotatable bonds is 7. The minimum Gasteiger partial charge on any atom is -0.444 e. The number of carbonyl (C=O) groups is 3. The van der Waals surface area contributed by atoms with E-state index in [4.69, 9.17) is 27.9 Å². The smallest absolute Gasteiger partial charge is 0.411 e. The zero-order valence-corrected chi connectivity index (χ0v) is 27.2. The summed E-state index contributed by atoms with van der Waals surface area (Å²) < 4.78 is 5.88. The number of carbonyl (C=O) groups excluding carboxylic acids is 3. The molecule has 9 nitrogen and oxygen atoms in total. The average Bonchev–Trinajstić information content (AvgIpc) is 3.23. The van der Waals surface area contributed by atoms with Crippen LogP contribution in [-0.2, 0) is 22.6 Å². The molecule has 2 aromatic carbocycles. The second kappa shape index (κ2) is 14.3. The van der Waals surface area contributed by atoms with Crippen LogP contribution in [0.3, 0.4) is 0 Å². The summed E-state index contributed by atoms with van der Waals surface area (Å²) in [5.41, 5.74) is 1.79. The number of para-hydroxylation sites is 1. The normalized spacial score (nSPS) is 25.3. The van der Waals surface area contributed by atoms with Gasteiger partial charge in [0.25, 0.3) is 0 Å². The van der Waals surface area contributed by atoms with Crippen molar-refractivity contribution in [2.24, 2.45) is 11.8 Å². The van der Waals surface area contributed by atoms with Gasteiger partial charge in [0.05, 0.1) is 10.0 Å². The number of amides is 3. The molecule has 242 valence electrons. The molecule has 0 aliphatic carbocycles. The second-order valence-corrected chi connectivity index (χ2v) is 13.7. The first kappa shape index (κ1) is 32.1. The third-order valence-corrected chi connectivity index (χ3v) is 11.2. The van der Waals surface area contributed by atoms with Crippen LogP contribution in [0.25, 0.3) is 0 Å². The van der Waals surface area contributed by atoms with E-state index < -0.39 is 11.8 Å². The first-order valence-corrected chi connectivity index (χ1v) is 17.1. The van der Waals surface area contributed by atoms with Crippen LogP contribution in [0.2, 0.25) is 10.0 Å². The van der Waals surface area contributed by atoms with Gasteiger partial charge in [-0.2, -0.15) is 0 Å². The lowest BCUT2D eigenvalue weighted by atomic mass is 9.77. The lowest BCUT2D eigenvalue weighted by molar-refractivity contribution is -0.128. The lowest BCUT2D eigenvalue weighted by Gasteiger charge is -2.56. The number of urea groups is 1. The summed E-state index contributed by atoms with van der Waals surface area (Å²) in [6.07, 6.45) is 6.89. The number of nitrogens with one attached hydrogen (secondary N) is 2. The number of likely N-dealkylation sites (tertiary alicyclic amines) is 2. The summed E-state index contributed by atoms with van der Waals surface area (Å²) in [6.45, 7) is 4.72. The number of fused-ring (bicyclic) bond motifs is 1. The van der Waals surface area contributed by atoms with Gasteiger partial charge in [0.1, 0.15) is 18.6 Å². The van der Waals surface area contributed by atoms with Crippen LogP contribution in [0.4, 0.5) is 15.3 Å². The van der Waals surface area contributed by atoms with Crippen LogP contribution in [0, 0.1) is 11.8 Å². The summed E-state index contributed by atoms with van der Waals surface area (Å²) in [5.74, 6) is 1.35.